The number of benzene rings is 2. The summed E-state index contributed by atoms with van der Waals surface area (Å²) < 4.78 is 5.61. The standard InChI is InChI=1S/C16H17ClN2OS/c1-10(2)20-12-8-6-11(7-9-12)19-14-5-3-4-13(17)15(14)16(18)21/h3-10,19H,1-2H3,(H2,18,21). The maximum absolute atomic E-state index is 6.15. The molecule has 0 heterocycles. The van der Waals surface area contributed by atoms with Crippen molar-refractivity contribution < 1.29 is 4.74 Å². The quantitative estimate of drug-likeness (QED) is 0.796. The van der Waals surface area contributed by atoms with Crippen molar-refractivity contribution in [1.82, 2.24) is 0 Å². The summed E-state index contributed by atoms with van der Waals surface area (Å²) in [6, 6.07) is 13.2. The van der Waals surface area contributed by atoms with Gasteiger partial charge in [0.15, 0.2) is 0 Å². The second-order valence-corrected chi connectivity index (χ2v) is 5.69. The number of halogens is 1. The predicted molar refractivity (Wildman–Crippen MR) is 92.8 cm³/mol. The van der Waals surface area contributed by atoms with E-state index in [4.69, 9.17) is 34.3 Å². The molecule has 0 radical (unpaired) electrons. The van der Waals surface area contributed by atoms with E-state index in [2.05, 4.69) is 5.32 Å². The summed E-state index contributed by atoms with van der Waals surface area (Å²) in [5.74, 6) is 0.830. The van der Waals surface area contributed by atoms with Crippen LogP contribution in [0.4, 0.5) is 11.4 Å². The molecule has 21 heavy (non-hydrogen) atoms. The third kappa shape index (κ3) is 4.09. The molecule has 0 unspecified atom stereocenters. The van der Waals surface area contributed by atoms with Gasteiger partial charge in [0.25, 0.3) is 0 Å². The van der Waals surface area contributed by atoms with Crippen LogP contribution in [0.2, 0.25) is 5.02 Å². The third-order valence-corrected chi connectivity index (χ3v) is 3.28. The smallest absolute Gasteiger partial charge is 0.119 e. The van der Waals surface area contributed by atoms with Gasteiger partial charge in [0.2, 0.25) is 0 Å². The predicted octanol–water partition coefficient (Wildman–Crippen LogP) is 4.51. The number of hydrogen-bond donors (Lipinski definition) is 2. The normalized spacial score (nSPS) is 10.5. The van der Waals surface area contributed by atoms with Crippen molar-refractivity contribution in [2.75, 3.05) is 5.32 Å². The molecule has 0 aliphatic carbocycles. The molecule has 2 rings (SSSR count). The monoisotopic (exact) mass is 320 g/mol. The maximum atomic E-state index is 6.15. The minimum absolute atomic E-state index is 0.151. The number of hydrogen-bond acceptors (Lipinski definition) is 3. The summed E-state index contributed by atoms with van der Waals surface area (Å²) >= 11 is 11.2. The van der Waals surface area contributed by atoms with Gasteiger partial charge < -0.3 is 15.8 Å². The lowest BCUT2D eigenvalue weighted by atomic mass is 10.1. The van der Waals surface area contributed by atoms with Crippen LogP contribution >= 0.6 is 23.8 Å². The highest BCUT2D eigenvalue weighted by molar-refractivity contribution is 7.80. The van der Waals surface area contributed by atoms with E-state index in [0.29, 0.717) is 10.6 Å². The summed E-state index contributed by atoms with van der Waals surface area (Å²) in [6.45, 7) is 3.99. The first-order valence-electron chi connectivity index (χ1n) is 6.59. The second-order valence-electron chi connectivity index (χ2n) is 4.84. The molecular weight excluding hydrogens is 304 g/mol. The van der Waals surface area contributed by atoms with Gasteiger partial charge in [-0.05, 0) is 50.2 Å². The van der Waals surface area contributed by atoms with E-state index in [1.54, 1.807) is 6.07 Å². The van der Waals surface area contributed by atoms with Gasteiger partial charge in [0, 0.05) is 5.69 Å². The fraction of sp³-hybridized carbons (Fsp3) is 0.188. The topological polar surface area (TPSA) is 47.3 Å². The number of ether oxygens (including phenoxy) is 1. The Balaban J connectivity index is 2.22. The molecule has 110 valence electrons. The lowest BCUT2D eigenvalue weighted by molar-refractivity contribution is 0.242. The van der Waals surface area contributed by atoms with Crippen molar-refractivity contribution >= 4 is 40.2 Å². The number of rotatable bonds is 5. The van der Waals surface area contributed by atoms with Crippen molar-refractivity contribution in [2.24, 2.45) is 5.73 Å². The van der Waals surface area contributed by atoms with Crippen LogP contribution in [0.15, 0.2) is 42.5 Å². The summed E-state index contributed by atoms with van der Waals surface area (Å²) in [4.78, 5) is 0.267. The van der Waals surface area contributed by atoms with Gasteiger partial charge in [-0.2, -0.15) is 0 Å². The Morgan fingerprint density at radius 2 is 1.86 bits per heavy atom. The van der Waals surface area contributed by atoms with Gasteiger partial charge in [0.05, 0.1) is 22.4 Å². The van der Waals surface area contributed by atoms with Crippen LogP contribution in [-0.2, 0) is 0 Å². The van der Waals surface area contributed by atoms with Crippen LogP contribution in [0.3, 0.4) is 0 Å². The van der Waals surface area contributed by atoms with Gasteiger partial charge >= 0.3 is 0 Å². The zero-order valence-electron chi connectivity index (χ0n) is 11.9. The van der Waals surface area contributed by atoms with E-state index in [0.717, 1.165) is 17.1 Å². The molecule has 2 aromatic rings. The first-order valence-corrected chi connectivity index (χ1v) is 7.38. The Kier molecular flexibility index (Phi) is 5.04. The molecule has 0 atom stereocenters. The van der Waals surface area contributed by atoms with Gasteiger partial charge in [-0.3, -0.25) is 0 Å². The molecule has 3 N–H and O–H groups in total. The van der Waals surface area contributed by atoms with E-state index in [1.807, 2.05) is 50.2 Å². The van der Waals surface area contributed by atoms with Gasteiger partial charge in [-0.25, -0.2) is 0 Å². The molecule has 0 bridgehead atoms. The third-order valence-electron chi connectivity index (χ3n) is 2.77. The lowest BCUT2D eigenvalue weighted by Gasteiger charge is -2.14. The van der Waals surface area contributed by atoms with Crippen LogP contribution in [0, 0.1) is 0 Å². The fourth-order valence-corrected chi connectivity index (χ4v) is 2.48. The molecule has 3 nitrogen and oxygen atoms in total. The van der Waals surface area contributed by atoms with Crippen molar-refractivity contribution in [3.63, 3.8) is 0 Å². The number of thiocarbonyl (C=S) groups is 1. The van der Waals surface area contributed by atoms with Gasteiger partial charge in [0.1, 0.15) is 10.7 Å². The van der Waals surface area contributed by atoms with Crippen LogP contribution in [0.1, 0.15) is 19.4 Å². The van der Waals surface area contributed by atoms with E-state index >= 15 is 0 Å². The average molecular weight is 321 g/mol. The minimum Gasteiger partial charge on any atom is -0.491 e. The van der Waals surface area contributed by atoms with Gasteiger partial charge in [-0.15, -0.1) is 0 Å². The first-order chi connectivity index (χ1) is 9.97. The van der Waals surface area contributed by atoms with Crippen LogP contribution in [0.5, 0.6) is 5.75 Å². The molecule has 0 spiro atoms. The van der Waals surface area contributed by atoms with E-state index < -0.39 is 0 Å². The van der Waals surface area contributed by atoms with Crippen molar-refractivity contribution in [2.45, 2.75) is 20.0 Å². The van der Waals surface area contributed by atoms with E-state index in [9.17, 15) is 0 Å². The first kappa shape index (κ1) is 15.6. The molecule has 0 aliphatic heterocycles. The average Bonchev–Trinajstić information content (AvgIpc) is 2.40. The van der Waals surface area contributed by atoms with Gasteiger partial charge in [-0.1, -0.05) is 29.9 Å². The zero-order valence-corrected chi connectivity index (χ0v) is 13.5. The summed E-state index contributed by atoms with van der Waals surface area (Å²) in [6.07, 6.45) is 0.151. The number of nitrogens with one attached hydrogen (secondary N) is 1. The SMILES string of the molecule is CC(C)Oc1ccc(Nc2cccc(Cl)c2C(N)=S)cc1. The Bertz CT molecular complexity index is 641. The Labute approximate surface area is 135 Å². The van der Waals surface area contributed by atoms with Crippen molar-refractivity contribution in [1.29, 1.82) is 0 Å². The minimum atomic E-state index is 0.151. The molecule has 2 aromatic carbocycles. The highest BCUT2D eigenvalue weighted by atomic mass is 35.5. The lowest BCUT2D eigenvalue weighted by Crippen LogP contribution is -2.12. The summed E-state index contributed by atoms with van der Waals surface area (Å²) in [7, 11) is 0. The molecular formula is C16H17ClN2OS. The zero-order chi connectivity index (χ0) is 15.4. The molecule has 0 aliphatic rings. The fourth-order valence-electron chi connectivity index (χ4n) is 1.92. The second kappa shape index (κ2) is 6.78. The molecule has 0 amide bonds. The summed E-state index contributed by atoms with van der Waals surface area (Å²) in [5.41, 5.74) is 8.08. The highest BCUT2D eigenvalue weighted by Gasteiger charge is 2.10. The Hall–Kier alpha value is -1.78. The van der Waals surface area contributed by atoms with Crippen LogP contribution < -0.4 is 15.8 Å². The molecule has 0 saturated carbocycles. The highest BCUT2D eigenvalue weighted by Crippen LogP contribution is 2.28. The van der Waals surface area contributed by atoms with Crippen LogP contribution in [-0.4, -0.2) is 11.1 Å². The number of nitrogens with two attached hydrogens (primary N) is 1. The van der Waals surface area contributed by atoms with E-state index in [1.165, 1.54) is 0 Å². The van der Waals surface area contributed by atoms with Crippen LogP contribution in [0.25, 0.3) is 0 Å². The molecule has 0 fully saturated rings. The molecule has 5 heteroatoms. The molecule has 0 saturated heterocycles. The Morgan fingerprint density at radius 3 is 2.43 bits per heavy atom. The van der Waals surface area contributed by atoms with Crippen molar-refractivity contribution in [3.8, 4) is 5.75 Å². The summed E-state index contributed by atoms with van der Waals surface area (Å²) in [5, 5.41) is 3.80. The number of anilines is 2. The Morgan fingerprint density at radius 1 is 1.19 bits per heavy atom. The maximum Gasteiger partial charge on any atom is 0.119 e. The molecule has 0 aromatic heterocycles. The van der Waals surface area contributed by atoms with E-state index in [-0.39, 0.29) is 11.1 Å². The largest absolute Gasteiger partial charge is 0.491 e. The van der Waals surface area contributed by atoms with Crippen molar-refractivity contribution in [3.05, 3.63) is 53.1 Å².